The van der Waals surface area contributed by atoms with E-state index in [0.717, 1.165) is 50.0 Å². The monoisotopic (exact) mass is 447 g/mol. The Bertz CT molecular complexity index is 1120. The standard InChI is InChI=1S/C26H29N3O4/c1-26(2)25(32)29(17-23(30)27-13-5-6-14-27)21-16-19(11-12-22(21)33-26)24(31)28-15-7-9-18-8-3-4-10-20(18)28/h3-4,8,10-12,16H,5-7,9,13-15,17H2,1-2H3. The van der Waals surface area contributed by atoms with Crippen LogP contribution in [0.25, 0.3) is 0 Å². The number of nitrogens with zero attached hydrogens (tertiary/aromatic N) is 3. The highest BCUT2D eigenvalue weighted by Crippen LogP contribution is 2.39. The molecule has 3 heterocycles. The summed E-state index contributed by atoms with van der Waals surface area (Å²) in [6, 6.07) is 13.1. The Morgan fingerprint density at radius 2 is 1.73 bits per heavy atom. The number of likely N-dealkylation sites (tertiary alicyclic amines) is 1. The molecule has 7 heteroatoms. The Morgan fingerprint density at radius 1 is 0.970 bits per heavy atom. The maximum atomic E-state index is 13.5. The molecule has 2 aromatic rings. The molecular weight excluding hydrogens is 418 g/mol. The number of hydrogen-bond donors (Lipinski definition) is 0. The number of carbonyl (C=O) groups is 3. The minimum absolute atomic E-state index is 0.0528. The van der Waals surface area contributed by atoms with Crippen molar-refractivity contribution >= 4 is 29.1 Å². The van der Waals surface area contributed by atoms with Crippen LogP contribution >= 0.6 is 0 Å². The number of ether oxygens (including phenoxy) is 1. The molecule has 33 heavy (non-hydrogen) atoms. The van der Waals surface area contributed by atoms with Crippen molar-refractivity contribution in [3.63, 3.8) is 0 Å². The van der Waals surface area contributed by atoms with Crippen LogP contribution < -0.4 is 14.5 Å². The number of aryl methyl sites for hydroxylation is 1. The lowest BCUT2D eigenvalue weighted by molar-refractivity contribution is -0.136. The predicted octanol–water partition coefficient (Wildman–Crippen LogP) is 3.41. The topological polar surface area (TPSA) is 70.2 Å². The third-order valence-electron chi connectivity index (χ3n) is 6.73. The number of anilines is 2. The Labute approximate surface area is 193 Å². The van der Waals surface area contributed by atoms with Crippen LogP contribution in [0.2, 0.25) is 0 Å². The molecule has 3 aliphatic heterocycles. The molecule has 0 aliphatic carbocycles. The van der Waals surface area contributed by atoms with Crippen molar-refractivity contribution in [1.29, 1.82) is 0 Å². The van der Waals surface area contributed by atoms with E-state index in [4.69, 9.17) is 4.74 Å². The number of hydrogen-bond acceptors (Lipinski definition) is 4. The number of amides is 3. The Hall–Kier alpha value is -3.35. The number of benzene rings is 2. The van der Waals surface area contributed by atoms with Crippen LogP contribution in [0.1, 0.15) is 49.0 Å². The molecule has 0 N–H and O–H groups in total. The fourth-order valence-corrected chi connectivity index (χ4v) is 4.96. The fraction of sp³-hybridized carbons (Fsp3) is 0.423. The molecular formula is C26H29N3O4. The highest BCUT2D eigenvalue weighted by Gasteiger charge is 2.42. The van der Waals surface area contributed by atoms with Crippen molar-refractivity contribution in [3.05, 3.63) is 53.6 Å². The van der Waals surface area contributed by atoms with Gasteiger partial charge >= 0.3 is 0 Å². The quantitative estimate of drug-likeness (QED) is 0.723. The summed E-state index contributed by atoms with van der Waals surface area (Å²) < 4.78 is 5.96. The molecule has 1 fully saturated rings. The van der Waals surface area contributed by atoms with Crippen molar-refractivity contribution in [1.82, 2.24) is 4.90 Å². The molecule has 172 valence electrons. The van der Waals surface area contributed by atoms with E-state index in [-0.39, 0.29) is 24.3 Å². The smallest absolute Gasteiger partial charge is 0.271 e. The second-order valence-corrected chi connectivity index (χ2v) is 9.46. The highest BCUT2D eigenvalue weighted by molar-refractivity contribution is 6.10. The average Bonchev–Trinajstić information content (AvgIpc) is 3.36. The van der Waals surface area contributed by atoms with Crippen LogP contribution in [-0.2, 0) is 16.0 Å². The summed E-state index contributed by atoms with van der Waals surface area (Å²) in [7, 11) is 0. The van der Waals surface area contributed by atoms with E-state index in [1.165, 1.54) is 4.90 Å². The largest absolute Gasteiger partial charge is 0.476 e. The minimum atomic E-state index is -1.09. The summed E-state index contributed by atoms with van der Waals surface area (Å²) in [6.07, 6.45) is 3.83. The van der Waals surface area contributed by atoms with Crippen molar-refractivity contribution in [2.45, 2.75) is 45.1 Å². The first-order valence-electron chi connectivity index (χ1n) is 11.7. The van der Waals surface area contributed by atoms with Crippen LogP contribution in [0.4, 0.5) is 11.4 Å². The third kappa shape index (κ3) is 3.86. The van der Waals surface area contributed by atoms with E-state index >= 15 is 0 Å². The molecule has 0 atom stereocenters. The number of fused-ring (bicyclic) bond motifs is 2. The van der Waals surface area contributed by atoms with E-state index < -0.39 is 5.60 Å². The van der Waals surface area contributed by atoms with Crippen molar-refractivity contribution < 1.29 is 19.1 Å². The summed E-state index contributed by atoms with van der Waals surface area (Å²) in [6.45, 7) is 5.45. The molecule has 7 nitrogen and oxygen atoms in total. The van der Waals surface area contributed by atoms with Crippen LogP contribution in [0.5, 0.6) is 5.75 Å². The van der Waals surface area contributed by atoms with Gasteiger partial charge in [-0.3, -0.25) is 19.3 Å². The molecule has 1 saturated heterocycles. The van der Waals surface area contributed by atoms with Gasteiger partial charge in [-0.1, -0.05) is 18.2 Å². The number of para-hydroxylation sites is 1. The average molecular weight is 448 g/mol. The molecule has 0 bridgehead atoms. The molecule has 0 spiro atoms. The van der Waals surface area contributed by atoms with Crippen LogP contribution in [-0.4, -0.2) is 54.4 Å². The maximum Gasteiger partial charge on any atom is 0.271 e. The summed E-state index contributed by atoms with van der Waals surface area (Å²) in [4.78, 5) is 44.7. The van der Waals surface area contributed by atoms with Gasteiger partial charge in [0.25, 0.3) is 11.8 Å². The summed E-state index contributed by atoms with van der Waals surface area (Å²) in [5.41, 5.74) is 1.95. The van der Waals surface area contributed by atoms with Crippen molar-refractivity contribution in [2.24, 2.45) is 0 Å². The van der Waals surface area contributed by atoms with Gasteiger partial charge in [-0.15, -0.1) is 0 Å². The van der Waals surface area contributed by atoms with Gasteiger partial charge < -0.3 is 14.5 Å². The highest BCUT2D eigenvalue weighted by atomic mass is 16.5. The first-order chi connectivity index (χ1) is 15.8. The fourth-order valence-electron chi connectivity index (χ4n) is 4.96. The van der Waals surface area contributed by atoms with Gasteiger partial charge in [0.2, 0.25) is 5.91 Å². The normalized spacial score (nSPS) is 19.1. The maximum absolute atomic E-state index is 13.5. The molecule has 2 aromatic carbocycles. The zero-order valence-corrected chi connectivity index (χ0v) is 19.2. The first kappa shape index (κ1) is 21.5. The Balaban J connectivity index is 1.48. The SMILES string of the molecule is CC1(C)Oc2ccc(C(=O)N3CCCc4ccccc43)cc2N(CC(=O)N2CCCC2)C1=O. The van der Waals surface area contributed by atoms with Crippen LogP contribution in [0, 0.1) is 0 Å². The summed E-state index contributed by atoms with van der Waals surface area (Å²) in [5.74, 6) is 0.0270. The lowest BCUT2D eigenvalue weighted by atomic mass is 9.99. The van der Waals surface area contributed by atoms with E-state index in [1.807, 2.05) is 18.2 Å². The van der Waals surface area contributed by atoms with Gasteiger partial charge in [0.15, 0.2) is 5.60 Å². The molecule has 0 radical (unpaired) electrons. The van der Waals surface area contributed by atoms with Crippen LogP contribution in [0.3, 0.4) is 0 Å². The van der Waals surface area contributed by atoms with Crippen molar-refractivity contribution in [3.8, 4) is 5.75 Å². The predicted molar refractivity (Wildman–Crippen MR) is 126 cm³/mol. The second-order valence-electron chi connectivity index (χ2n) is 9.46. The van der Waals surface area contributed by atoms with Crippen LogP contribution in [0.15, 0.2) is 42.5 Å². The molecule has 0 unspecified atom stereocenters. The Kier molecular flexibility index (Phi) is 5.35. The Morgan fingerprint density at radius 3 is 2.52 bits per heavy atom. The van der Waals surface area contributed by atoms with Gasteiger partial charge in [0, 0.05) is 30.9 Å². The number of carbonyl (C=O) groups excluding carboxylic acids is 3. The zero-order chi connectivity index (χ0) is 23.2. The molecule has 3 amide bonds. The zero-order valence-electron chi connectivity index (χ0n) is 19.2. The summed E-state index contributed by atoms with van der Waals surface area (Å²) in [5, 5.41) is 0. The van der Waals surface area contributed by atoms with Gasteiger partial charge in [0.1, 0.15) is 12.3 Å². The third-order valence-corrected chi connectivity index (χ3v) is 6.73. The number of rotatable bonds is 3. The van der Waals surface area contributed by atoms with E-state index in [2.05, 4.69) is 6.07 Å². The van der Waals surface area contributed by atoms with Gasteiger partial charge in [0.05, 0.1) is 5.69 Å². The van der Waals surface area contributed by atoms with E-state index in [0.29, 0.717) is 23.5 Å². The van der Waals surface area contributed by atoms with Crippen molar-refractivity contribution in [2.75, 3.05) is 36.0 Å². The molecule has 0 aromatic heterocycles. The lowest BCUT2D eigenvalue weighted by Gasteiger charge is -2.39. The van der Waals surface area contributed by atoms with Gasteiger partial charge in [-0.2, -0.15) is 0 Å². The lowest BCUT2D eigenvalue weighted by Crippen LogP contribution is -2.55. The molecule has 0 saturated carbocycles. The molecule has 3 aliphatic rings. The molecule has 5 rings (SSSR count). The second kappa shape index (κ2) is 8.21. The van der Waals surface area contributed by atoms with Gasteiger partial charge in [-0.05, 0) is 69.4 Å². The summed E-state index contributed by atoms with van der Waals surface area (Å²) >= 11 is 0. The van der Waals surface area contributed by atoms with E-state index in [1.54, 1.807) is 41.8 Å². The van der Waals surface area contributed by atoms with Gasteiger partial charge in [-0.25, -0.2) is 0 Å². The first-order valence-corrected chi connectivity index (χ1v) is 11.7. The van der Waals surface area contributed by atoms with E-state index in [9.17, 15) is 14.4 Å². The minimum Gasteiger partial charge on any atom is -0.476 e.